The van der Waals surface area contributed by atoms with Gasteiger partial charge in [0.25, 0.3) is 5.56 Å². The molecule has 0 atom stereocenters. The van der Waals surface area contributed by atoms with E-state index in [2.05, 4.69) is 9.97 Å². The molecule has 1 heterocycles. The molecule has 6 heteroatoms. The Kier molecular flexibility index (Phi) is 3.48. The Morgan fingerprint density at radius 2 is 2.42 bits per heavy atom. The Morgan fingerprint density at radius 1 is 1.75 bits per heavy atom. The summed E-state index contributed by atoms with van der Waals surface area (Å²) in [6.07, 6.45) is 0. The zero-order valence-corrected chi connectivity index (χ0v) is 9.14. The van der Waals surface area contributed by atoms with Crippen molar-refractivity contribution >= 4 is 34.2 Å². The predicted molar refractivity (Wildman–Crippen MR) is 53.3 cm³/mol. The van der Waals surface area contributed by atoms with E-state index in [0.29, 0.717) is 9.39 Å². The van der Waals surface area contributed by atoms with Gasteiger partial charge in [-0.3, -0.25) is 4.79 Å². The number of ether oxygens (including phenoxy) is 1. The van der Waals surface area contributed by atoms with Gasteiger partial charge in [0.15, 0.2) is 0 Å². The fraction of sp³-hybridized carbons (Fsp3) is 0.333. The second-order valence-corrected chi connectivity index (χ2v) is 3.49. The molecule has 0 aliphatic heterocycles. The van der Waals surface area contributed by atoms with E-state index in [0.717, 1.165) is 0 Å². The van der Waals surface area contributed by atoms with Crippen molar-refractivity contribution in [1.29, 1.82) is 0 Å². The molecular weight excluding hydrogens is 294 g/mol. The van der Waals surface area contributed by atoms with Crippen molar-refractivity contribution in [3.8, 4) is 0 Å². The third kappa shape index (κ3) is 2.18. The van der Waals surface area contributed by atoms with Crippen LogP contribution >= 0.6 is 34.2 Å². The van der Waals surface area contributed by atoms with Gasteiger partial charge in [-0.1, -0.05) is 11.6 Å². The number of aromatic amines is 1. The fourth-order valence-corrected chi connectivity index (χ4v) is 1.12. The van der Waals surface area contributed by atoms with Gasteiger partial charge in [-0.15, -0.1) is 0 Å². The summed E-state index contributed by atoms with van der Waals surface area (Å²) in [5.74, 6) is 0.438. The van der Waals surface area contributed by atoms with Crippen LogP contribution in [-0.2, 0) is 11.3 Å². The number of methoxy groups -OCH3 is 1. The molecule has 0 bridgehead atoms. The van der Waals surface area contributed by atoms with Crippen LogP contribution in [0, 0.1) is 3.57 Å². The molecule has 0 unspecified atom stereocenters. The number of H-pyrrole nitrogens is 1. The molecule has 0 spiro atoms. The summed E-state index contributed by atoms with van der Waals surface area (Å²) in [7, 11) is 1.52. The lowest BCUT2D eigenvalue weighted by Crippen LogP contribution is -2.15. The summed E-state index contributed by atoms with van der Waals surface area (Å²) in [5.41, 5.74) is -0.234. The van der Waals surface area contributed by atoms with Crippen LogP contribution in [0.4, 0.5) is 0 Å². The number of rotatable bonds is 2. The maximum Gasteiger partial charge on any atom is 0.265 e. The molecule has 1 aromatic heterocycles. The maximum absolute atomic E-state index is 11.1. The highest BCUT2D eigenvalue weighted by Gasteiger charge is 2.05. The molecule has 0 aliphatic rings. The topological polar surface area (TPSA) is 55.0 Å². The average Bonchev–Trinajstić information content (AvgIpc) is 2.01. The molecular formula is C6H6ClIN2O2. The minimum atomic E-state index is -0.234. The van der Waals surface area contributed by atoms with E-state index in [1.807, 2.05) is 22.6 Å². The quantitative estimate of drug-likeness (QED) is 0.659. The van der Waals surface area contributed by atoms with Crippen molar-refractivity contribution in [2.45, 2.75) is 6.61 Å². The molecule has 0 aliphatic carbocycles. The zero-order valence-electron chi connectivity index (χ0n) is 6.23. The fourth-order valence-electron chi connectivity index (χ4n) is 0.680. The normalized spacial score (nSPS) is 10.2. The number of halogens is 2. The Bertz CT molecular complexity index is 339. The maximum atomic E-state index is 11.1. The molecule has 0 saturated heterocycles. The molecule has 1 rings (SSSR count). The van der Waals surface area contributed by atoms with Gasteiger partial charge in [0.2, 0.25) is 0 Å². The SMILES string of the molecule is COCc1nc(Cl)c(I)c(=O)[nH]1. The van der Waals surface area contributed by atoms with E-state index < -0.39 is 0 Å². The minimum absolute atomic E-state index is 0.214. The van der Waals surface area contributed by atoms with Crippen molar-refractivity contribution in [3.05, 3.63) is 24.9 Å². The van der Waals surface area contributed by atoms with Crippen molar-refractivity contribution in [3.63, 3.8) is 0 Å². The summed E-state index contributed by atoms with van der Waals surface area (Å²) in [6, 6.07) is 0. The monoisotopic (exact) mass is 300 g/mol. The van der Waals surface area contributed by atoms with Gasteiger partial charge < -0.3 is 9.72 Å². The molecule has 0 amide bonds. The molecule has 1 N–H and O–H groups in total. The first-order chi connectivity index (χ1) is 5.65. The summed E-state index contributed by atoms with van der Waals surface area (Å²) < 4.78 is 5.18. The van der Waals surface area contributed by atoms with Gasteiger partial charge in [0, 0.05) is 7.11 Å². The van der Waals surface area contributed by atoms with Crippen LogP contribution in [0.1, 0.15) is 5.82 Å². The molecule has 0 aromatic carbocycles. The molecule has 0 radical (unpaired) electrons. The lowest BCUT2D eigenvalue weighted by molar-refractivity contribution is 0.177. The van der Waals surface area contributed by atoms with E-state index in [1.165, 1.54) is 7.11 Å². The minimum Gasteiger partial charge on any atom is -0.377 e. The summed E-state index contributed by atoms with van der Waals surface area (Å²) >= 11 is 7.50. The molecule has 0 saturated carbocycles. The Labute approximate surface area is 87.4 Å². The van der Waals surface area contributed by atoms with Gasteiger partial charge in [0.05, 0.1) is 0 Å². The Balaban J connectivity index is 3.13. The smallest absolute Gasteiger partial charge is 0.265 e. The third-order valence-electron chi connectivity index (χ3n) is 1.15. The number of nitrogens with zero attached hydrogens (tertiary/aromatic N) is 1. The first kappa shape index (κ1) is 9.94. The number of aromatic nitrogens is 2. The predicted octanol–water partition coefficient (Wildman–Crippen LogP) is 1.17. The standard InChI is InChI=1S/C6H6ClIN2O2/c1-12-2-3-9-5(7)4(8)6(11)10-3/h2H2,1H3,(H,9,10,11). The van der Waals surface area contributed by atoms with Crippen LogP contribution in [0.3, 0.4) is 0 Å². The van der Waals surface area contributed by atoms with Crippen LogP contribution in [0.2, 0.25) is 5.15 Å². The number of hydrogen-bond acceptors (Lipinski definition) is 3. The van der Waals surface area contributed by atoms with Crippen LogP contribution in [0.5, 0.6) is 0 Å². The van der Waals surface area contributed by atoms with Gasteiger partial charge in [0.1, 0.15) is 21.2 Å². The summed E-state index contributed by atoms with van der Waals surface area (Å²) in [4.78, 5) is 17.5. The second kappa shape index (κ2) is 4.20. The second-order valence-electron chi connectivity index (χ2n) is 2.05. The van der Waals surface area contributed by atoms with Crippen LogP contribution < -0.4 is 5.56 Å². The highest BCUT2D eigenvalue weighted by atomic mass is 127. The van der Waals surface area contributed by atoms with Gasteiger partial charge in [-0.05, 0) is 22.6 Å². The first-order valence-corrected chi connectivity index (χ1v) is 4.54. The first-order valence-electron chi connectivity index (χ1n) is 3.08. The van der Waals surface area contributed by atoms with Crippen LogP contribution in [-0.4, -0.2) is 17.1 Å². The summed E-state index contributed by atoms with van der Waals surface area (Å²) in [6.45, 7) is 0.256. The zero-order chi connectivity index (χ0) is 9.14. The van der Waals surface area contributed by atoms with Crippen molar-refractivity contribution in [2.24, 2.45) is 0 Å². The molecule has 1 aromatic rings. The average molecular weight is 300 g/mol. The Hall–Kier alpha value is -0.140. The number of hydrogen-bond donors (Lipinski definition) is 1. The Morgan fingerprint density at radius 3 is 2.92 bits per heavy atom. The molecule has 0 fully saturated rings. The van der Waals surface area contributed by atoms with Gasteiger partial charge in [-0.2, -0.15) is 0 Å². The molecule has 66 valence electrons. The number of nitrogens with one attached hydrogen (secondary N) is 1. The van der Waals surface area contributed by atoms with Crippen LogP contribution in [0.25, 0.3) is 0 Å². The van der Waals surface area contributed by atoms with E-state index in [4.69, 9.17) is 16.3 Å². The van der Waals surface area contributed by atoms with Crippen molar-refractivity contribution in [1.82, 2.24) is 9.97 Å². The lowest BCUT2D eigenvalue weighted by Gasteiger charge is -1.99. The van der Waals surface area contributed by atoms with Crippen molar-refractivity contribution < 1.29 is 4.74 Å². The molecule has 4 nitrogen and oxygen atoms in total. The van der Waals surface area contributed by atoms with E-state index >= 15 is 0 Å². The largest absolute Gasteiger partial charge is 0.377 e. The van der Waals surface area contributed by atoms with E-state index in [9.17, 15) is 4.79 Å². The van der Waals surface area contributed by atoms with Crippen molar-refractivity contribution in [2.75, 3.05) is 7.11 Å². The highest BCUT2D eigenvalue weighted by Crippen LogP contribution is 2.10. The van der Waals surface area contributed by atoms with Gasteiger partial charge >= 0.3 is 0 Å². The highest BCUT2D eigenvalue weighted by molar-refractivity contribution is 14.1. The molecule has 12 heavy (non-hydrogen) atoms. The summed E-state index contributed by atoms with van der Waals surface area (Å²) in [5, 5.41) is 0.214. The third-order valence-corrected chi connectivity index (χ3v) is 2.75. The lowest BCUT2D eigenvalue weighted by atomic mass is 10.6. The van der Waals surface area contributed by atoms with E-state index in [-0.39, 0.29) is 17.3 Å². The van der Waals surface area contributed by atoms with Crippen LogP contribution in [0.15, 0.2) is 4.79 Å². The van der Waals surface area contributed by atoms with E-state index in [1.54, 1.807) is 0 Å². The van der Waals surface area contributed by atoms with Gasteiger partial charge in [-0.25, -0.2) is 4.98 Å².